The lowest BCUT2D eigenvalue weighted by atomic mass is 9.91. The molecule has 19 heavy (non-hydrogen) atoms. The number of hydrogen-bond acceptors (Lipinski definition) is 2. The molecule has 0 bridgehead atoms. The largest absolute Gasteiger partial charge is 0.328 e. The summed E-state index contributed by atoms with van der Waals surface area (Å²) in [6.45, 7) is 2.16. The number of nitrogens with zero attached hydrogens (tertiary/aromatic N) is 2. The SMILES string of the molecule is Cc1ccccc1-c1cncn1C1CCC(N)CC1. The van der Waals surface area contributed by atoms with Gasteiger partial charge in [-0.1, -0.05) is 24.3 Å². The first kappa shape index (κ1) is 12.4. The van der Waals surface area contributed by atoms with E-state index in [1.165, 1.54) is 16.8 Å². The Morgan fingerprint density at radius 1 is 1.16 bits per heavy atom. The van der Waals surface area contributed by atoms with Crippen LogP contribution in [-0.4, -0.2) is 15.6 Å². The van der Waals surface area contributed by atoms with E-state index in [1.807, 2.05) is 12.5 Å². The van der Waals surface area contributed by atoms with Crippen molar-refractivity contribution in [1.29, 1.82) is 0 Å². The molecule has 0 aliphatic heterocycles. The predicted molar refractivity (Wildman–Crippen MR) is 77.9 cm³/mol. The lowest BCUT2D eigenvalue weighted by Gasteiger charge is -2.28. The van der Waals surface area contributed by atoms with Crippen molar-refractivity contribution in [2.45, 2.75) is 44.7 Å². The van der Waals surface area contributed by atoms with E-state index >= 15 is 0 Å². The van der Waals surface area contributed by atoms with E-state index in [1.54, 1.807) is 0 Å². The molecule has 1 fully saturated rings. The summed E-state index contributed by atoms with van der Waals surface area (Å²) >= 11 is 0. The predicted octanol–water partition coefficient (Wildman–Crippen LogP) is 3.30. The average molecular weight is 255 g/mol. The van der Waals surface area contributed by atoms with Crippen LogP contribution in [0.4, 0.5) is 0 Å². The maximum atomic E-state index is 6.00. The van der Waals surface area contributed by atoms with E-state index in [9.17, 15) is 0 Å². The van der Waals surface area contributed by atoms with Crippen molar-refractivity contribution in [3.05, 3.63) is 42.4 Å². The first-order chi connectivity index (χ1) is 9.25. The summed E-state index contributed by atoms with van der Waals surface area (Å²) in [5.74, 6) is 0. The summed E-state index contributed by atoms with van der Waals surface area (Å²) in [4.78, 5) is 4.37. The lowest BCUT2D eigenvalue weighted by molar-refractivity contribution is 0.325. The van der Waals surface area contributed by atoms with Gasteiger partial charge in [0.1, 0.15) is 0 Å². The zero-order valence-corrected chi connectivity index (χ0v) is 11.4. The number of hydrogen-bond donors (Lipinski definition) is 1. The van der Waals surface area contributed by atoms with Gasteiger partial charge in [-0.15, -0.1) is 0 Å². The van der Waals surface area contributed by atoms with Crippen LogP contribution in [0, 0.1) is 6.92 Å². The number of imidazole rings is 1. The first-order valence-corrected chi connectivity index (χ1v) is 7.09. The molecule has 2 aromatic rings. The van der Waals surface area contributed by atoms with Gasteiger partial charge in [0.15, 0.2) is 0 Å². The fourth-order valence-corrected chi connectivity index (χ4v) is 3.04. The molecule has 1 saturated carbocycles. The molecule has 3 rings (SSSR count). The Morgan fingerprint density at radius 2 is 1.89 bits per heavy atom. The third-order valence-electron chi connectivity index (χ3n) is 4.22. The monoisotopic (exact) mass is 255 g/mol. The van der Waals surface area contributed by atoms with Crippen molar-refractivity contribution in [2.24, 2.45) is 5.73 Å². The van der Waals surface area contributed by atoms with Gasteiger partial charge < -0.3 is 10.3 Å². The van der Waals surface area contributed by atoms with Crippen LogP contribution in [0.5, 0.6) is 0 Å². The van der Waals surface area contributed by atoms with E-state index in [0.717, 1.165) is 25.7 Å². The molecule has 0 radical (unpaired) electrons. The zero-order chi connectivity index (χ0) is 13.2. The summed E-state index contributed by atoms with van der Waals surface area (Å²) in [6, 6.07) is 9.45. The summed E-state index contributed by atoms with van der Waals surface area (Å²) in [6.07, 6.45) is 8.53. The second-order valence-electron chi connectivity index (χ2n) is 5.57. The summed E-state index contributed by atoms with van der Waals surface area (Å²) < 4.78 is 2.34. The second-order valence-corrected chi connectivity index (χ2v) is 5.57. The fraction of sp³-hybridized carbons (Fsp3) is 0.438. The minimum Gasteiger partial charge on any atom is -0.328 e. The molecule has 0 spiro atoms. The highest BCUT2D eigenvalue weighted by Crippen LogP contribution is 2.32. The number of benzene rings is 1. The molecular formula is C16H21N3. The van der Waals surface area contributed by atoms with Crippen LogP contribution < -0.4 is 5.73 Å². The van der Waals surface area contributed by atoms with Crippen LogP contribution in [0.2, 0.25) is 0 Å². The van der Waals surface area contributed by atoms with Crippen molar-refractivity contribution < 1.29 is 0 Å². The Kier molecular flexibility index (Phi) is 3.38. The fourth-order valence-electron chi connectivity index (χ4n) is 3.04. The normalized spacial score (nSPS) is 23.5. The minimum atomic E-state index is 0.390. The Labute approximate surface area is 114 Å². The molecule has 0 amide bonds. The number of nitrogens with two attached hydrogens (primary N) is 1. The Balaban J connectivity index is 1.93. The van der Waals surface area contributed by atoms with Gasteiger partial charge in [0.2, 0.25) is 0 Å². The van der Waals surface area contributed by atoms with Crippen molar-refractivity contribution in [3.63, 3.8) is 0 Å². The maximum Gasteiger partial charge on any atom is 0.0953 e. The third kappa shape index (κ3) is 2.43. The lowest BCUT2D eigenvalue weighted by Crippen LogP contribution is -2.27. The van der Waals surface area contributed by atoms with Crippen LogP contribution in [0.1, 0.15) is 37.3 Å². The third-order valence-corrected chi connectivity index (χ3v) is 4.22. The Hall–Kier alpha value is -1.61. The summed E-state index contributed by atoms with van der Waals surface area (Å²) in [7, 11) is 0. The van der Waals surface area contributed by atoms with Crippen molar-refractivity contribution >= 4 is 0 Å². The van der Waals surface area contributed by atoms with E-state index < -0.39 is 0 Å². The van der Waals surface area contributed by atoms with Crippen molar-refractivity contribution in [1.82, 2.24) is 9.55 Å². The van der Waals surface area contributed by atoms with Gasteiger partial charge in [-0.05, 0) is 38.2 Å². The van der Waals surface area contributed by atoms with Crippen LogP contribution in [-0.2, 0) is 0 Å². The molecule has 3 heteroatoms. The molecular weight excluding hydrogens is 234 g/mol. The van der Waals surface area contributed by atoms with Gasteiger partial charge in [-0.3, -0.25) is 0 Å². The molecule has 1 aromatic heterocycles. The maximum absolute atomic E-state index is 6.00. The quantitative estimate of drug-likeness (QED) is 0.894. The van der Waals surface area contributed by atoms with Crippen molar-refractivity contribution in [2.75, 3.05) is 0 Å². The molecule has 2 N–H and O–H groups in total. The molecule has 1 aromatic carbocycles. The van der Waals surface area contributed by atoms with Gasteiger partial charge in [0.05, 0.1) is 18.2 Å². The summed E-state index contributed by atoms with van der Waals surface area (Å²) in [5.41, 5.74) is 9.82. The molecule has 1 aliphatic rings. The molecule has 0 atom stereocenters. The molecule has 1 heterocycles. The molecule has 1 aliphatic carbocycles. The first-order valence-electron chi connectivity index (χ1n) is 7.09. The average Bonchev–Trinajstić information content (AvgIpc) is 2.89. The number of rotatable bonds is 2. The highest BCUT2D eigenvalue weighted by atomic mass is 15.1. The van der Waals surface area contributed by atoms with E-state index in [0.29, 0.717) is 12.1 Å². The van der Waals surface area contributed by atoms with Gasteiger partial charge in [0, 0.05) is 17.6 Å². The van der Waals surface area contributed by atoms with Crippen LogP contribution >= 0.6 is 0 Å². The Morgan fingerprint density at radius 3 is 2.63 bits per heavy atom. The molecule has 0 saturated heterocycles. The van der Waals surface area contributed by atoms with Gasteiger partial charge in [-0.25, -0.2) is 4.98 Å². The highest BCUT2D eigenvalue weighted by Gasteiger charge is 2.22. The standard InChI is InChI=1S/C16H21N3/c1-12-4-2-3-5-15(12)16-10-18-11-19(16)14-8-6-13(17)7-9-14/h2-5,10-11,13-14H,6-9,17H2,1H3. The van der Waals surface area contributed by atoms with Gasteiger partial charge in [0.25, 0.3) is 0 Å². The van der Waals surface area contributed by atoms with E-state index in [2.05, 4.69) is 40.7 Å². The summed E-state index contributed by atoms with van der Waals surface area (Å²) in [5, 5.41) is 0. The molecule has 3 nitrogen and oxygen atoms in total. The van der Waals surface area contributed by atoms with Gasteiger partial charge in [-0.2, -0.15) is 0 Å². The highest BCUT2D eigenvalue weighted by molar-refractivity contribution is 5.63. The van der Waals surface area contributed by atoms with Crippen molar-refractivity contribution in [3.8, 4) is 11.3 Å². The van der Waals surface area contributed by atoms with E-state index in [-0.39, 0.29) is 0 Å². The second kappa shape index (κ2) is 5.17. The topological polar surface area (TPSA) is 43.8 Å². The smallest absolute Gasteiger partial charge is 0.0953 e. The number of aromatic nitrogens is 2. The van der Waals surface area contributed by atoms with Crippen LogP contribution in [0.3, 0.4) is 0 Å². The van der Waals surface area contributed by atoms with Crippen LogP contribution in [0.15, 0.2) is 36.8 Å². The zero-order valence-electron chi connectivity index (χ0n) is 11.4. The number of aryl methyl sites for hydroxylation is 1. The molecule has 0 unspecified atom stereocenters. The Bertz CT molecular complexity index is 551. The van der Waals surface area contributed by atoms with Gasteiger partial charge >= 0.3 is 0 Å². The minimum absolute atomic E-state index is 0.390. The van der Waals surface area contributed by atoms with E-state index in [4.69, 9.17) is 5.73 Å². The van der Waals surface area contributed by atoms with Crippen LogP contribution in [0.25, 0.3) is 11.3 Å². The molecule has 100 valence electrons.